The number of aliphatic hydroxyl groups is 2. The van der Waals surface area contributed by atoms with Crippen LogP contribution >= 0.6 is 23.2 Å². The Labute approximate surface area is 99.5 Å². The fraction of sp³-hybridized carbons (Fsp3) is 0.455. The van der Waals surface area contributed by atoms with Gasteiger partial charge < -0.3 is 10.2 Å². The van der Waals surface area contributed by atoms with Crippen molar-refractivity contribution >= 4 is 23.2 Å². The van der Waals surface area contributed by atoms with Crippen LogP contribution in [0.1, 0.15) is 18.4 Å². The van der Waals surface area contributed by atoms with Crippen molar-refractivity contribution < 1.29 is 10.2 Å². The lowest BCUT2D eigenvalue weighted by atomic mass is 10.0. The number of rotatable bonds is 5. The summed E-state index contributed by atoms with van der Waals surface area (Å²) in [5.41, 5.74) is 0.770. The number of hydrogen-bond donors (Lipinski definition) is 2. The van der Waals surface area contributed by atoms with E-state index in [0.29, 0.717) is 29.3 Å². The lowest BCUT2D eigenvalue weighted by Crippen LogP contribution is -2.11. The molecule has 0 saturated heterocycles. The highest BCUT2D eigenvalue weighted by Crippen LogP contribution is 2.26. The summed E-state index contributed by atoms with van der Waals surface area (Å²) in [5.74, 6) is 0. The van der Waals surface area contributed by atoms with Crippen molar-refractivity contribution in [1.82, 2.24) is 0 Å². The van der Waals surface area contributed by atoms with E-state index in [0.717, 1.165) is 5.56 Å². The Morgan fingerprint density at radius 1 is 1.20 bits per heavy atom. The minimum absolute atomic E-state index is 0.0906. The van der Waals surface area contributed by atoms with Gasteiger partial charge in [-0.05, 0) is 30.5 Å². The van der Waals surface area contributed by atoms with Crippen molar-refractivity contribution in [2.75, 3.05) is 6.61 Å². The molecule has 1 unspecified atom stereocenters. The van der Waals surface area contributed by atoms with Crippen LogP contribution in [0.4, 0.5) is 0 Å². The molecule has 0 aromatic heterocycles. The fourth-order valence-corrected chi connectivity index (χ4v) is 1.94. The lowest BCUT2D eigenvalue weighted by Gasteiger charge is -2.12. The molecule has 0 saturated carbocycles. The van der Waals surface area contributed by atoms with Crippen LogP contribution in [-0.2, 0) is 6.42 Å². The van der Waals surface area contributed by atoms with Crippen LogP contribution in [0.2, 0.25) is 10.0 Å². The smallest absolute Gasteiger partial charge is 0.0582 e. The van der Waals surface area contributed by atoms with E-state index in [1.165, 1.54) is 0 Å². The molecule has 1 aromatic carbocycles. The van der Waals surface area contributed by atoms with Gasteiger partial charge in [0.2, 0.25) is 0 Å². The third-order valence-electron chi connectivity index (χ3n) is 2.20. The minimum Gasteiger partial charge on any atom is -0.396 e. The maximum Gasteiger partial charge on any atom is 0.0582 e. The van der Waals surface area contributed by atoms with Crippen LogP contribution in [-0.4, -0.2) is 22.9 Å². The van der Waals surface area contributed by atoms with Gasteiger partial charge in [0, 0.05) is 23.1 Å². The summed E-state index contributed by atoms with van der Waals surface area (Å²) in [5, 5.41) is 19.4. The molecule has 0 bridgehead atoms. The molecule has 4 heteroatoms. The molecule has 0 aliphatic carbocycles. The number of hydrogen-bond acceptors (Lipinski definition) is 2. The Morgan fingerprint density at radius 2 is 1.80 bits per heavy atom. The lowest BCUT2D eigenvalue weighted by molar-refractivity contribution is 0.150. The number of aliphatic hydroxyl groups excluding tert-OH is 2. The average Bonchev–Trinajstić information content (AvgIpc) is 2.21. The quantitative estimate of drug-likeness (QED) is 0.842. The summed E-state index contributed by atoms with van der Waals surface area (Å²) >= 11 is 11.9. The highest BCUT2D eigenvalue weighted by atomic mass is 35.5. The van der Waals surface area contributed by atoms with Gasteiger partial charge in [-0.1, -0.05) is 29.3 Å². The zero-order valence-electron chi connectivity index (χ0n) is 8.29. The standard InChI is InChI=1S/C11H14Cl2O2/c12-10-4-1-5-11(13)9(10)7-8(15)3-2-6-14/h1,4-5,8,14-15H,2-3,6-7H2. The largest absolute Gasteiger partial charge is 0.396 e. The van der Waals surface area contributed by atoms with Gasteiger partial charge in [0.15, 0.2) is 0 Å². The van der Waals surface area contributed by atoms with Crippen molar-refractivity contribution in [3.05, 3.63) is 33.8 Å². The molecule has 1 aromatic rings. The first-order chi connectivity index (χ1) is 7.15. The van der Waals surface area contributed by atoms with Crippen molar-refractivity contribution in [1.29, 1.82) is 0 Å². The second-order valence-corrected chi connectivity index (χ2v) is 4.24. The molecule has 0 spiro atoms. The first-order valence-electron chi connectivity index (χ1n) is 4.87. The van der Waals surface area contributed by atoms with Crippen LogP contribution in [0.25, 0.3) is 0 Å². The molecule has 0 aliphatic heterocycles. The average molecular weight is 249 g/mol. The van der Waals surface area contributed by atoms with Crippen LogP contribution in [0.3, 0.4) is 0 Å². The van der Waals surface area contributed by atoms with Crippen LogP contribution in [0.5, 0.6) is 0 Å². The molecule has 0 aliphatic rings. The van der Waals surface area contributed by atoms with Crippen molar-refractivity contribution in [3.8, 4) is 0 Å². The maximum absolute atomic E-state index is 9.65. The van der Waals surface area contributed by atoms with E-state index in [2.05, 4.69) is 0 Å². The van der Waals surface area contributed by atoms with Crippen LogP contribution in [0, 0.1) is 0 Å². The molecule has 0 radical (unpaired) electrons. The summed E-state index contributed by atoms with van der Waals surface area (Å²) in [6, 6.07) is 5.28. The molecular weight excluding hydrogens is 235 g/mol. The van der Waals surface area contributed by atoms with E-state index in [1.807, 2.05) is 0 Å². The summed E-state index contributed by atoms with van der Waals surface area (Å²) in [4.78, 5) is 0. The number of halogens is 2. The first-order valence-corrected chi connectivity index (χ1v) is 5.62. The van der Waals surface area contributed by atoms with Gasteiger partial charge in [-0.15, -0.1) is 0 Å². The van der Waals surface area contributed by atoms with Gasteiger partial charge in [-0.3, -0.25) is 0 Å². The molecule has 84 valence electrons. The molecule has 0 amide bonds. The molecule has 1 atom stereocenters. The second-order valence-electron chi connectivity index (χ2n) is 3.42. The van der Waals surface area contributed by atoms with Gasteiger partial charge in [0.05, 0.1) is 6.10 Å². The number of benzene rings is 1. The van der Waals surface area contributed by atoms with Gasteiger partial charge >= 0.3 is 0 Å². The van der Waals surface area contributed by atoms with E-state index < -0.39 is 6.10 Å². The Morgan fingerprint density at radius 3 is 2.33 bits per heavy atom. The minimum atomic E-state index is -0.505. The van der Waals surface area contributed by atoms with Crippen molar-refractivity contribution in [3.63, 3.8) is 0 Å². The van der Waals surface area contributed by atoms with Gasteiger partial charge in [-0.25, -0.2) is 0 Å². The predicted octanol–water partition coefficient (Wildman–Crippen LogP) is 2.67. The van der Waals surface area contributed by atoms with Crippen LogP contribution in [0.15, 0.2) is 18.2 Å². The molecule has 2 nitrogen and oxygen atoms in total. The molecule has 0 heterocycles. The molecule has 2 N–H and O–H groups in total. The van der Waals surface area contributed by atoms with E-state index in [9.17, 15) is 5.11 Å². The van der Waals surface area contributed by atoms with E-state index in [4.69, 9.17) is 28.3 Å². The van der Waals surface area contributed by atoms with Crippen molar-refractivity contribution in [2.45, 2.75) is 25.4 Å². The third kappa shape index (κ3) is 3.99. The monoisotopic (exact) mass is 248 g/mol. The summed E-state index contributed by atoms with van der Waals surface area (Å²) in [6.07, 6.45) is 1.06. The Balaban J connectivity index is 2.63. The topological polar surface area (TPSA) is 40.5 Å². The van der Waals surface area contributed by atoms with Gasteiger partial charge in [0.1, 0.15) is 0 Å². The molecule has 0 fully saturated rings. The molecular formula is C11H14Cl2O2. The summed E-state index contributed by atoms with van der Waals surface area (Å²) in [7, 11) is 0. The Hall–Kier alpha value is -0.280. The summed E-state index contributed by atoms with van der Waals surface area (Å²) < 4.78 is 0. The predicted molar refractivity (Wildman–Crippen MR) is 62.5 cm³/mol. The highest BCUT2D eigenvalue weighted by Gasteiger charge is 2.11. The SMILES string of the molecule is OCCCC(O)Cc1c(Cl)cccc1Cl. The van der Waals surface area contributed by atoms with E-state index in [1.54, 1.807) is 18.2 Å². The first kappa shape index (κ1) is 12.8. The van der Waals surface area contributed by atoms with Gasteiger partial charge in [0.25, 0.3) is 0 Å². The second kappa shape index (κ2) is 6.33. The normalized spacial score (nSPS) is 12.8. The maximum atomic E-state index is 9.65. The fourth-order valence-electron chi connectivity index (χ4n) is 1.39. The Bertz CT molecular complexity index is 295. The molecule has 15 heavy (non-hydrogen) atoms. The van der Waals surface area contributed by atoms with E-state index >= 15 is 0 Å². The zero-order chi connectivity index (χ0) is 11.3. The Kier molecular flexibility index (Phi) is 5.40. The van der Waals surface area contributed by atoms with E-state index in [-0.39, 0.29) is 6.61 Å². The summed E-state index contributed by atoms with van der Waals surface area (Å²) in [6.45, 7) is 0.0906. The van der Waals surface area contributed by atoms with Gasteiger partial charge in [-0.2, -0.15) is 0 Å². The third-order valence-corrected chi connectivity index (χ3v) is 2.91. The van der Waals surface area contributed by atoms with Crippen LogP contribution < -0.4 is 0 Å². The highest BCUT2D eigenvalue weighted by molar-refractivity contribution is 6.35. The van der Waals surface area contributed by atoms with Crippen molar-refractivity contribution in [2.24, 2.45) is 0 Å². The molecule has 1 rings (SSSR count). The zero-order valence-corrected chi connectivity index (χ0v) is 9.80.